The van der Waals surface area contributed by atoms with Crippen LogP contribution in [0.5, 0.6) is 0 Å². The molecule has 3 aromatic rings. The number of hydrogen-bond acceptors (Lipinski definition) is 5. The second kappa shape index (κ2) is 7.37. The number of aromatic nitrogens is 3. The van der Waals surface area contributed by atoms with Crippen LogP contribution in [0.4, 0.5) is 4.39 Å². The monoisotopic (exact) mass is 376 g/mol. The molecule has 1 aromatic carbocycles. The molecule has 2 aromatic heterocycles. The molecule has 0 aliphatic heterocycles. The van der Waals surface area contributed by atoms with Gasteiger partial charge in [0.25, 0.3) is 5.91 Å². The number of halogens is 1. The van der Waals surface area contributed by atoms with Crippen molar-refractivity contribution in [3.63, 3.8) is 0 Å². The fourth-order valence-electron chi connectivity index (χ4n) is 2.52. The van der Waals surface area contributed by atoms with Gasteiger partial charge in [-0.05, 0) is 38.3 Å². The average Bonchev–Trinajstić information content (AvgIpc) is 3.21. The van der Waals surface area contributed by atoms with Gasteiger partial charge >= 0.3 is 0 Å². The highest BCUT2D eigenvalue weighted by molar-refractivity contribution is 8.00. The van der Waals surface area contributed by atoms with Crippen molar-refractivity contribution >= 4 is 29.0 Å². The first-order valence-corrected chi connectivity index (χ1v) is 9.71. The van der Waals surface area contributed by atoms with Gasteiger partial charge in [0.1, 0.15) is 15.9 Å². The van der Waals surface area contributed by atoms with Crippen molar-refractivity contribution in [1.82, 2.24) is 20.1 Å². The van der Waals surface area contributed by atoms with Gasteiger partial charge < -0.3 is 5.32 Å². The predicted octanol–water partition coefficient (Wildman–Crippen LogP) is 3.99. The van der Waals surface area contributed by atoms with Gasteiger partial charge in [-0.1, -0.05) is 17.8 Å². The van der Waals surface area contributed by atoms with Gasteiger partial charge in [0, 0.05) is 16.6 Å². The van der Waals surface area contributed by atoms with Crippen molar-refractivity contribution in [3.05, 3.63) is 58.6 Å². The Hall–Kier alpha value is -2.19. The van der Waals surface area contributed by atoms with Crippen LogP contribution in [0.1, 0.15) is 34.7 Å². The Balaban J connectivity index is 1.79. The van der Waals surface area contributed by atoms with Crippen LogP contribution in [-0.2, 0) is 0 Å². The molecule has 0 spiro atoms. The molecule has 3 rings (SSSR count). The van der Waals surface area contributed by atoms with Crippen LogP contribution in [0.3, 0.4) is 0 Å². The van der Waals surface area contributed by atoms with E-state index in [1.54, 1.807) is 28.4 Å². The third-order valence-electron chi connectivity index (χ3n) is 3.81. The standard InChI is InChI=1S/C17H17FN4OS2/c1-10(20-16(23)15-9-25-17(21-15)24-3)14-8-19-22(11(14)2)13-6-4-5-12(18)7-13/h4-10H,1-3H3,(H,20,23)/t10-/m1/s1. The quantitative estimate of drug-likeness (QED) is 0.684. The second-order valence-electron chi connectivity index (χ2n) is 5.47. The number of nitrogens with one attached hydrogen (secondary N) is 1. The highest BCUT2D eigenvalue weighted by Crippen LogP contribution is 2.23. The normalized spacial score (nSPS) is 12.2. The van der Waals surface area contributed by atoms with E-state index >= 15 is 0 Å². The molecule has 0 saturated heterocycles. The number of carbonyl (C=O) groups is 1. The van der Waals surface area contributed by atoms with E-state index in [1.807, 2.05) is 20.1 Å². The molecule has 25 heavy (non-hydrogen) atoms. The number of benzene rings is 1. The highest BCUT2D eigenvalue weighted by Gasteiger charge is 2.18. The summed E-state index contributed by atoms with van der Waals surface area (Å²) in [5.41, 5.74) is 2.78. The fraction of sp³-hybridized carbons (Fsp3) is 0.235. The minimum absolute atomic E-state index is 0.220. The van der Waals surface area contributed by atoms with Crippen LogP contribution in [0, 0.1) is 12.7 Å². The number of carbonyl (C=O) groups excluding carboxylic acids is 1. The Morgan fingerprint density at radius 2 is 2.24 bits per heavy atom. The summed E-state index contributed by atoms with van der Waals surface area (Å²) in [6.45, 7) is 3.78. The van der Waals surface area contributed by atoms with E-state index < -0.39 is 0 Å². The summed E-state index contributed by atoms with van der Waals surface area (Å²) >= 11 is 2.96. The summed E-state index contributed by atoms with van der Waals surface area (Å²) in [4.78, 5) is 16.6. The van der Waals surface area contributed by atoms with E-state index in [9.17, 15) is 9.18 Å². The Labute approximate surface area is 153 Å². The summed E-state index contributed by atoms with van der Waals surface area (Å²) < 4.78 is 16.0. The minimum atomic E-state index is -0.316. The molecule has 0 unspecified atom stereocenters. The van der Waals surface area contributed by atoms with Gasteiger partial charge in [0.05, 0.1) is 17.9 Å². The summed E-state index contributed by atoms with van der Waals surface area (Å²) in [5, 5.41) is 9.01. The van der Waals surface area contributed by atoms with Gasteiger partial charge in [-0.15, -0.1) is 11.3 Å². The maximum Gasteiger partial charge on any atom is 0.271 e. The number of thioether (sulfide) groups is 1. The smallest absolute Gasteiger partial charge is 0.271 e. The summed E-state index contributed by atoms with van der Waals surface area (Å²) in [6.07, 6.45) is 3.62. The molecule has 0 radical (unpaired) electrons. The summed E-state index contributed by atoms with van der Waals surface area (Å²) in [6, 6.07) is 6.00. The van der Waals surface area contributed by atoms with E-state index in [0.717, 1.165) is 15.6 Å². The van der Waals surface area contributed by atoms with Crippen LogP contribution in [0.2, 0.25) is 0 Å². The molecule has 0 aliphatic carbocycles. The van der Waals surface area contributed by atoms with Gasteiger partial charge in [0.2, 0.25) is 0 Å². The maximum absolute atomic E-state index is 13.4. The number of rotatable bonds is 5. The number of hydrogen-bond donors (Lipinski definition) is 1. The largest absolute Gasteiger partial charge is 0.344 e. The molecule has 0 saturated carbocycles. The van der Waals surface area contributed by atoms with E-state index in [1.165, 1.54) is 35.2 Å². The van der Waals surface area contributed by atoms with Gasteiger partial charge in [-0.2, -0.15) is 5.10 Å². The van der Waals surface area contributed by atoms with Gasteiger partial charge in [-0.3, -0.25) is 4.79 Å². The highest BCUT2D eigenvalue weighted by atomic mass is 32.2. The Kier molecular flexibility index (Phi) is 5.19. The van der Waals surface area contributed by atoms with Crippen molar-refractivity contribution in [2.75, 3.05) is 6.26 Å². The molecule has 1 atom stereocenters. The Morgan fingerprint density at radius 1 is 1.44 bits per heavy atom. The lowest BCUT2D eigenvalue weighted by Crippen LogP contribution is -2.27. The molecular formula is C17H17FN4OS2. The van der Waals surface area contributed by atoms with Crippen molar-refractivity contribution in [2.45, 2.75) is 24.2 Å². The van der Waals surface area contributed by atoms with Crippen LogP contribution in [0.25, 0.3) is 5.69 Å². The maximum atomic E-state index is 13.4. The predicted molar refractivity (Wildman–Crippen MR) is 98.0 cm³/mol. The first kappa shape index (κ1) is 17.6. The minimum Gasteiger partial charge on any atom is -0.344 e. The molecular weight excluding hydrogens is 359 g/mol. The average molecular weight is 376 g/mol. The molecule has 1 amide bonds. The zero-order chi connectivity index (χ0) is 18.0. The third-order valence-corrected chi connectivity index (χ3v) is 5.67. The Morgan fingerprint density at radius 3 is 2.92 bits per heavy atom. The number of nitrogens with zero attached hydrogens (tertiary/aromatic N) is 3. The molecule has 2 heterocycles. The molecule has 5 nitrogen and oxygen atoms in total. The van der Waals surface area contributed by atoms with Crippen LogP contribution < -0.4 is 5.32 Å². The molecule has 0 aliphatic rings. The van der Waals surface area contributed by atoms with Gasteiger partial charge in [0.15, 0.2) is 0 Å². The Bertz CT molecular complexity index is 906. The zero-order valence-corrected chi connectivity index (χ0v) is 15.6. The van der Waals surface area contributed by atoms with E-state index in [4.69, 9.17) is 0 Å². The van der Waals surface area contributed by atoms with Crippen molar-refractivity contribution in [1.29, 1.82) is 0 Å². The van der Waals surface area contributed by atoms with Crippen molar-refractivity contribution in [3.8, 4) is 5.69 Å². The van der Waals surface area contributed by atoms with Crippen LogP contribution in [0.15, 0.2) is 40.2 Å². The van der Waals surface area contributed by atoms with Crippen molar-refractivity contribution in [2.24, 2.45) is 0 Å². The lowest BCUT2D eigenvalue weighted by atomic mass is 10.1. The lowest BCUT2D eigenvalue weighted by Gasteiger charge is -2.13. The number of thiazole rings is 1. The van der Waals surface area contributed by atoms with Gasteiger partial charge in [-0.25, -0.2) is 14.1 Å². The fourth-order valence-corrected chi connectivity index (χ4v) is 3.76. The SMILES string of the molecule is CSc1nc(C(=O)N[C@H](C)c2cnn(-c3cccc(F)c3)c2C)cs1. The zero-order valence-electron chi connectivity index (χ0n) is 14.0. The first-order valence-electron chi connectivity index (χ1n) is 7.60. The topological polar surface area (TPSA) is 59.8 Å². The summed E-state index contributed by atoms with van der Waals surface area (Å²) in [5.74, 6) is -0.537. The first-order chi connectivity index (χ1) is 12.0. The van der Waals surface area contributed by atoms with Crippen LogP contribution in [-0.4, -0.2) is 26.9 Å². The van der Waals surface area contributed by atoms with Crippen molar-refractivity contribution < 1.29 is 9.18 Å². The summed E-state index contributed by atoms with van der Waals surface area (Å²) in [7, 11) is 0. The van der Waals surface area contributed by atoms with Crippen LogP contribution >= 0.6 is 23.1 Å². The van der Waals surface area contributed by atoms with E-state index in [0.29, 0.717) is 11.4 Å². The lowest BCUT2D eigenvalue weighted by molar-refractivity contribution is 0.0935. The van der Waals surface area contributed by atoms with E-state index in [2.05, 4.69) is 15.4 Å². The molecule has 0 bridgehead atoms. The van der Waals surface area contributed by atoms with E-state index in [-0.39, 0.29) is 17.8 Å². The molecule has 1 N–H and O–H groups in total. The molecule has 8 heteroatoms. The number of amides is 1. The molecule has 130 valence electrons. The molecule has 0 fully saturated rings. The second-order valence-corrected chi connectivity index (χ2v) is 7.39. The third kappa shape index (κ3) is 3.74.